The Balaban J connectivity index is 1.59. The van der Waals surface area contributed by atoms with Gasteiger partial charge >= 0.3 is 0 Å². The number of pyridine rings is 1. The first-order valence-corrected chi connectivity index (χ1v) is 9.22. The Morgan fingerprint density at radius 3 is 2.64 bits per heavy atom. The van der Waals surface area contributed by atoms with Crippen LogP contribution >= 0.6 is 0 Å². The molecule has 0 bridgehead atoms. The summed E-state index contributed by atoms with van der Waals surface area (Å²) in [4.78, 5) is 41.5. The number of carbonyl (C=O) groups is 2. The van der Waals surface area contributed by atoms with Gasteiger partial charge in [0, 0.05) is 36.8 Å². The van der Waals surface area contributed by atoms with E-state index in [0.29, 0.717) is 18.2 Å². The molecule has 2 N–H and O–H groups in total. The summed E-state index contributed by atoms with van der Waals surface area (Å²) in [6, 6.07) is 2.20. The molecule has 0 aromatic carbocycles. The molecule has 2 amide bonds. The van der Waals surface area contributed by atoms with Crippen LogP contribution in [0.15, 0.2) is 10.9 Å². The first-order valence-electron chi connectivity index (χ1n) is 9.22. The molecule has 1 saturated carbocycles. The molecule has 136 valence electrons. The number of aromatic amines is 1. The van der Waals surface area contributed by atoms with Gasteiger partial charge in [-0.25, -0.2) is 0 Å². The van der Waals surface area contributed by atoms with E-state index < -0.39 is 0 Å². The lowest BCUT2D eigenvalue weighted by atomic mass is 9.94. The van der Waals surface area contributed by atoms with E-state index in [2.05, 4.69) is 10.3 Å². The summed E-state index contributed by atoms with van der Waals surface area (Å²) < 4.78 is 0. The first kappa shape index (κ1) is 17.7. The van der Waals surface area contributed by atoms with Crippen molar-refractivity contribution in [2.24, 2.45) is 5.92 Å². The number of aromatic nitrogens is 1. The Hall–Kier alpha value is -2.11. The Morgan fingerprint density at radius 1 is 1.24 bits per heavy atom. The van der Waals surface area contributed by atoms with Gasteiger partial charge in [0.05, 0.1) is 5.92 Å². The molecule has 0 spiro atoms. The van der Waals surface area contributed by atoms with Crippen molar-refractivity contribution in [2.75, 3.05) is 6.54 Å². The second kappa shape index (κ2) is 7.42. The molecule has 0 radical (unpaired) electrons. The zero-order valence-corrected chi connectivity index (χ0v) is 15.1. The van der Waals surface area contributed by atoms with E-state index in [1.54, 1.807) is 0 Å². The molecule has 1 aliphatic carbocycles. The summed E-state index contributed by atoms with van der Waals surface area (Å²) >= 11 is 0. The average molecular weight is 345 g/mol. The van der Waals surface area contributed by atoms with Crippen molar-refractivity contribution in [3.8, 4) is 0 Å². The fourth-order valence-electron chi connectivity index (χ4n) is 4.07. The number of nitrogens with one attached hydrogen (secondary N) is 2. The van der Waals surface area contributed by atoms with Crippen LogP contribution in [0.4, 0.5) is 0 Å². The number of hydrogen-bond donors (Lipinski definition) is 2. The Morgan fingerprint density at radius 2 is 1.96 bits per heavy atom. The number of H-pyrrole nitrogens is 1. The van der Waals surface area contributed by atoms with Gasteiger partial charge in [-0.3, -0.25) is 14.4 Å². The Labute approximate surface area is 148 Å². The van der Waals surface area contributed by atoms with Crippen LogP contribution in [0, 0.1) is 19.8 Å². The lowest BCUT2D eigenvalue weighted by Crippen LogP contribution is -2.39. The molecule has 2 fully saturated rings. The van der Waals surface area contributed by atoms with Crippen molar-refractivity contribution in [3.63, 3.8) is 0 Å². The van der Waals surface area contributed by atoms with Crippen LogP contribution < -0.4 is 10.9 Å². The highest BCUT2D eigenvalue weighted by molar-refractivity contribution is 5.89. The maximum atomic E-state index is 12.5. The number of carbonyl (C=O) groups excluding carboxylic acids is 2. The second-order valence-electron chi connectivity index (χ2n) is 7.40. The van der Waals surface area contributed by atoms with Crippen LogP contribution in [0.3, 0.4) is 0 Å². The van der Waals surface area contributed by atoms with Crippen molar-refractivity contribution in [3.05, 3.63) is 33.2 Å². The minimum absolute atomic E-state index is 0.0939. The largest absolute Gasteiger partial charge is 0.351 e. The van der Waals surface area contributed by atoms with Crippen molar-refractivity contribution in [1.29, 1.82) is 0 Å². The van der Waals surface area contributed by atoms with Gasteiger partial charge in [-0.1, -0.05) is 19.3 Å². The van der Waals surface area contributed by atoms with Crippen molar-refractivity contribution in [1.82, 2.24) is 15.2 Å². The highest BCUT2D eigenvalue weighted by Gasteiger charge is 2.38. The topological polar surface area (TPSA) is 82.3 Å². The number of nitrogens with zero attached hydrogens (tertiary/aromatic N) is 1. The van der Waals surface area contributed by atoms with Gasteiger partial charge in [-0.15, -0.1) is 0 Å². The Bertz CT molecular complexity index is 719. The van der Waals surface area contributed by atoms with Gasteiger partial charge in [0.1, 0.15) is 0 Å². The second-order valence-corrected chi connectivity index (χ2v) is 7.40. The highest BCUT2D eigenvalue weighted by atomic mass is 16.2. The molecule has 1 aromatic rings. The molecule has 3 rings (SSSR count). The SMILES string of the molecule is Cc1cc(C)c(CNC(=O)C2CC(=O)N(C3CCCCC3)C2)c(=O)[nH]1. The molecule has 1 aromatic heterocycles. The lowest BCUT2D eigenvalue weighted by molar-refractivity contribution is -0.130. The molecule has 1 aliphatic heterocycles. The molecule has 2 aliphatic rings. The van der Waals surface area contributed by atoms with Crippen LogP contribution in [0.5, 0.6) is 0 Å². The summed E-state index contributed by atoms with van der Waals surface area (Å²) in [5.41, 5.74) is 2.09. The average Bonchev–Trinajstić information content (AvgIpc) is 2.96. The van der Waals surface area contributed by atoms with E-state index in [4.69, 9.17) is 0 Å². The number of hydrogen-bond acceptors (Lipinski definition) is 3. The van der Waals surface area contributed by atoms with Gasteiger partial charge < -0.3 is 15.2 Å². The third kappa shape index (κ3) is 3.94. The quantitative estimate of drug-likeness (QED) is 0.873. The van der Waals surface area contributed by atoms with Gasteiger partial charge in [0.25, 0.3) is 5.56 Å². The molecule has 6 nitrogen and oxygen atoms in total. The molecular weight excluding hydrogens is 318 g/mol. The maximum Gasteiger partial charge on any atom is 0.253 e. The van der Waals surface area contributed by atoms with Crippen molar-refractivity contribution < 1.29 is 9.59 Å². The van der Waals surface area contributed by atoms with E-state index in [1.807, 2.05) is 24.8 Å². The zero-order valence-electron chi connectivity index (χ0n) is 15.1. The molecule has 1 unspecified atom stereocenters. The fourth-order valence-corrected chi connectivity index (χ4v) is 4.07. The zero-order chi connectivity index (χ0) is 18.0. The third-order valence-electron chi connectivity index (χ3n) is 5.48. The predicted octanol–water partition coefficient (Wildman–Crippen LogP) is 1.79. The molecule has 1 saturated heterocycles. The first-order chi connectivity index (χ1) is 12.0. The fraction of sp³-hybridized carbons (Fsp3) is 0.632. The summed E-state index contributed by atoms with van der Waals surface area (Å²) in [7, 11) is 0. The summed E-state index contributed by atoms with van der Waals surface area (Å²) in [5, 5.41) is 2.85. The highest BCUT2D eigenvalue weighted by Crippen LogP contribution is 2.28. The van der Waals surface area contributed by atoms with Crippen LogP contribution in [-0.2, 0) is 16.1 Å². The van der Waals surface area contributed by atoms with Crippen molar-refractivity contribution >= 4 is 11.8 Å². The van der Waals surface area contributed by atoms with E-state index in [-0.39, 0.29) is 36.3 Å². The van der Waals surface area contributed by atoms with Crippen LogP contribution in [-0.4, -0.2) is 34.3 Å². The van der Waals surface area contributed by atoms with Gasteiger partial charge in [0.15, 0.2) is 0 Å². The molecule has 25 heavy (non-hydrogen) atoms. The summed E-state index contributed by atoms with van der Waals surface area (Å²) in [6.07, 6.45) is 5.97. The van der Waals surface area contributed by atoms with Crippen LogP contribution in [0.25, 0.3) is 0 Å². The number of rotatable bonds is 4. The normalized spacial score (nSPS) is 21.6. The summed E-state index contributed by atoms with van der Waals surface area (Å²) in [5.74, 6) is -0.346. The number of likely N-dealkylation sites (tertiary alicyclic amines) is 1. The maximum absolute atomic E-state index is 12.5. The Kier molecular flexibility index (Phi) is 5.25. The molecule has 2 heterocycles. The lowest BCUT2D eigenvalue weighted by Gasteiger charge is -2.31. The van der Waals surface area contributed by atoms with E-state index in [0.717, 1.165) is 24.1 Å². The molecule has 6 heteroatoms. The standard InChI is InChI=1S/C19H27N3O3/c1-12-8-13(2)21-19(25)16(12)10-20-18(24)14-9-17(23)22(11-14)15-6-4-3-5-7-15/h8,14-15H,3-7,9-11H2,1-2H3,(H,20,24)(H,21,25). The van der Waals surface area contributed by atoms with Crippen LogP contribution in [0.2, 0.25) is 0 Å². The van der Waals surface area contributed by atoms with Gasteiger partial charge in [-0.05, 0) is 38.3 Å². The van der Waals surface area contributed by atoms with Crippen LogP contribution in [0.1, 0.15) is 55.3 Å². The minimum Gasteiger partial charge on any atom is -0.351 e. The number of amides is 2. The molecular formula is C19H27N3O3. The van der Waals surface area contributed by atoms with E-state index >= 15 is 0 Å². The van der Waals surface area contributed by atoms with Crippen molar-refractivity contribution in [2.45, 2.75) is 65.0 Å². The van der Waals surface area contributed by atoms with Gasteiger partial charge in [0.2, 0.25) is 11.8 Å². The molecule has 1 atom stereocenters. The van der Waals surface area contributed by atoms with E-state index in [9.17, 15) is 14.4 Å². The predicted molar refractivity (Wildman–Crippen MR) is 95.1 cm³/mol. The third-order valence-corrected chi connectivity index (χ3v) is 5.48. The van der Waals surface area contributed by atoms with Gasteiger partial charge in [-0.2, -0.15) is 0 Å². The monoisotopic (exact) mass is 345 g/mol. The van der Waals surface area contributed by atoms with E-state index in [1.165, 1.54) is 19.3 Å². The minimum atomic E-state index is -0.306. The summed E-state index contributed by atoms with van der Waals surface area (Å²) in [6.45, 7) is 4.42. The number of aryl methyl sites for hydroxylation is 2. The smallest absolute Gasteiger partial charge is 0.253 e.